The molecular formula is C11H10ClNS. The van der Waals surface area contributed by atoms with Crippen molar-refractivity contribution in [2.75, 3.05) is 5.32 Å². The summed E-state index contributed by atoms with van der Waals surface area (Å²) in [7, 11) is 0. The SMILES string of the molecule is Clc1ccccc1NCc1ccsc1. The van der Waals surface area contributed by atoms with Crippen LogP contribution in [0.25, 0.3) is 0 Å². The molecular weight excluding hydrogens is 214 g/mol. The summed E-state index contributed by atoms with van der Waals surface area (Å²) in [5.74, 6) is 0. The van der Waals surface area contributed by atoms with Crippen LogP contribution in [0.3, 0.4) is 0 Å². The Bertz CT molecular complexity index is 397. The second-order valence-corrected chi connectivity index (χ2v) is 4.15. The normalized spacial score (nSPS) is 10.1. The quantitative estimate of drug-likeness (QED) is 0.829. The first-order valence-electron chi connectivity index (χ1n) is 4.36. The Morgan fingerprint density at radius 1 is 1.21 bits per heavy atom. The van der Waals surface area contributed by atoms with Gasteiger partial charge in [0.15, 0.2) is 0 Å². The standard InChI is InChI=1S/C11H10ClNS/c12-10-3-1-2-4-11(10)13-7-9-5-6-14-8-9/h1-6,8,13H,7H2. The van der Waals surface area contributed by atoms with Gasteiger partial charge in [0.1, 0.15) is 0 Å². The van der Waals surface area contributed by atoms with Gasteiger partial charge < -0.3 is 5.32 Å². The summed E-state index contributed by atoms with van der Waals surface area (Å²) in [6, 6.07) is 9.88. The van der Waals surface area contributed by atoms with Crippen LogP contribution in [0.4, 0.5) is 5.69 Å². The summed E-state index contributed by atoms with van der Waals surface area (Å²) in [4.78, 5) is 0. The first-order chi connectivity index (χ1) is 6.86. The Morgan fingerprint density at radius 2 is 2.07 bits per heavy atom. The van der Waals surface area contributed by atoms with E-state index in [9.17, 15) is 0 Å². The van der Waals surface area contributed by atoms with Crippen molar-refractivity contribution in [1.29, 1.82) is 0 Å². The molecule has 0 radical (unpaired) electrons. The van der Waals surface area contributed by atoms with Gasteiger partial charge in [0.25, 0.3) is 0 Å². The maximum Gasteiger partial charge on any atom is 0.0637 e. The highest BCUT2D eigenvalue weighted by Gasteiger charge is 1.97. The average Bonchev–Trinajstić information content (AvgIpc) is 2.69. The third-order valence-electron chi connectivity index (χ3n) is 1.94. The van der Waals surface area contributed by atoms with Crippen molar-refractivity contribution in [2.45, 2.75) is 6.54 Å². The number of anilines is 1. The number of hydrogen-bond acceptors (Lipinski definition) is 2. The summed E-state index contributed by atoms with van der Waals surface area (Å²) in [5, 5.41) is 8.26. The largest absolute Gasteiger partial charge is 0.380 e. The fourth-order valence-corrected chi connectivity index (χ4v) is 2.07. The van der Waals surface area contributed by atoms with Crippen LogP contribution in [-0.4, -0.2) is 0 Å². The maximum absolute atomic E-state index is 6.00. The van der Waals surface area contributed by atoms with Crippen LogP contribution >= 0.6 is 22.9 Å². The molecule has 1 N–H and O–H groups in total. The zero-order valence-electron chi connectivity index (χ0n) is 7.53. The highest BCUT2D eigenvalue weighted by atomic mass is 35.5. The molecule has 0 fully saturated rings. The van der Waals surface area contributed by atoms with E-state index in [-0.39, 0.29) is 0 Å². The lowest BCUT2D eigenvalue weighted by atomic mass is 10.3. The van der Waals surface area contributed by atoms with E-state index in [1.807, 2.05) is 24.3 Å². The number of rotatable bonds is 3. The molecule has 1 nitrogen and oxygen atoms in total. The zero-order valence-corrected chi connectivity index (χ0v) is 9.11. The number of para-hydroxylation sites is 1. The van der Waals surface area contributed by atoms with Crippen LogP contribution in [0.1, 0.15) is 5.56 Å². The Morgan fingerprint density at radius 3 is 2.79 bits per heavy atom. The Kier molecular flexibility index (Phi) is 3.07. The number of thiophene rings is 1. The number of halogens is 1. The van der Waals surface area contributed by atoms with Crippen LogP contribution in [0.2, 0.25) is 5.02 Å². The predicted octanol–water partition coefficient (Wildman–Crippen LogP) is 4.01. The fraction of sp³-hybridized carbons (Fsp3) is 0.0909. The van der Waals surface area contributed by atoms with Gasteiger partial charge in [-0.3, -0.25) is 0 Å². The highest BCUT2D eigenvalue weighted by Crippen LogP contribution is 2.21. The van der Waals surface area contributed by atoms with E-state index >= 15 is 0 Å². The lowest BCUT2D eigenvalue weighted by Gasteiger charge is -2.06. The summed E-state index contributed by atoms with van der Waals surface area (Å²) in [6.07, 6.45) is 0. The van der Waals surface area contributed by atoms with Crippen LogP contribution in [-0.2, 0) is 6.54 Å². The number of nitrogens with one attached hydrogen (secondary N) is 1. The Balaban J connectivity index is 2.02. The zero-order chi connectivity index (χ0) is 9.80. The molecule has 72 valence electrons. The molecule has 0 aliphatic heterocycles. The lowest BCUT2D eigenvalue weighted by Crippen LogP contribution is -1.97. The van der Waals surface area contributed by atoms with Gasteiger partial charge in [-0.1, -0.05) is 23.7 Å². The van der Waals surface area contributed by atoms with Gasteiger partial charge >= 0.3 is 0 Å². The van der Waals surface area contributed by atoms with Crippen LogP contribution in [0.5, 0.6) is 0 Å². The maximum atomic E-state index is 6.00. The molecule has 1 aromatic carbocycles. The molecule has 0 aliphatic carbocycles. The van der Waals surface area contributed by atoms with Gasteiger partial charge in [-0.2, -0.15) is 11.3 Å². The van der Waals surface area contributed by atoms with E-state index in [4.69, 9.17) is 11.6 Å². The third kappa shape index (κ3) is 2.28. The van der Waals surface area contributed by atoms with Crippen molar-refractivity contribution >= 4 is 28.6 Å². The van der Waals surface area contributed by atoms with E-state index in [2.05, 4.69) is 22.1 Å². The number of hydrogen-bond donors (Lipinski definition) is 1. The molecule has 0 saturated carbocycles. The predicted molar refractivity (Wildman–Crippen MR) is 63.1 cm³/mol. The molecule has 2 rings (SSSR count). The molecule has 1 aromatic heterocycles. The second kappa shape index (κ2) is 4.49. The smallest absolute Gasteiger partial charge is 0.0637 e. The molecule has 3 heteroatoms. The first-order valence-corrected chi connectivity index (χ1v) is 5.68. The van der Waals surface area contributed by atoms with Crippen molar-refractivity contribution in [3.8, 4) is 0 Å². The van der Waals surface area contributed by atoms with Crippen molar-refractivity contribution in [3.63, 3.8) is 0 Å². The van der Waals surface area contributed by atoms with Gasteiger partial charge in [0.2, 0.25) is 0 Å². The molecule has 0 unspecified atom stereocenters. The minimum atomic E-state index is 0.766. The summed E-state index contributed by atoms with van der Waals surface area (Å²) < 4.78 is 0. The van der Waals surface area contributed by atoms with Gasteiger partial charge in [-0.05, 0) is 34.5 Å². The molecule has 1 heterocycles. The van der Waals surface area contributed by atoms with Crippen molar-refractivity contribution in [3.05, 3.63) is 51.7 Å². The second-order valence-electron chi connectivity index (χ2n) is 2.96. The molecule has 0 aliphatic rings. The van der Waals surface area contributed by atoms with E-state index in [1.54, 1.807) is 11.3 Å². The molecule has 2 aromatic rings. The van der Waals surface area contributed by atoms with Crippen molar-refractivity contribution in [1.82, 2.24) is 0 Å². The van der Waals surface area contributed by atoms with Gasteiger partial charge in [0, 0.05) is 6.54 Å². The van der Waals surface area contributed by atoms with Gasteiger partial charge in [-0.15, -0.1) is 0 Å². The minimum absolute atomic E-state index is 0.766. The lowest BCUT2D eigenvalue weighted by molar-refractivity contribution is 1.16. The molecule has 0 spiro atoms. The van der Waals surface area contributed by atoms with E-state index in [0.717, 1.165) is 17.3 Å². The number of benzene rings is 1. The highest BCUT2D eigenvalue weighted by molar-refractivity contribution is 7.07. The van der Waals surface area contributed by atoms with E-state index < -0.39 is 0 Å². The Hall–Kier alpha value is -0.990. The fourth-order valence-electron chi connectivity index (χ4n) is 1.20. The van der Waals surface area contributed by atoms with Gasteiger partial charge in [-0.25, -0.2) is 0 Å². The summed E-state index contributed by atoms with van der Waals surface area (Å²) in [5.41, 5.74) is 2.27. The van der Waals surface area contributed by atoms with Crippen LogP contribution < -0.4 is 5.32 Å². The topological polar surface area (TPSA) is 12.0 Å². The van der Waals surface area contributed by atoms with Crippen LogP contribution in [0, 0.1) is 0 Å². The molecule has 0 bridgehead atoms. The molecule has 0 amide bonds. The summed E-state index contributed by atoms with van der Waals surface area (Å²) >= 11 is 7.71. The monoisotopic (exact) mass is 223 g/mol. The van der Waals surface area contributed by atoms with E-state index in [0.29, 0.717) is 0 Å². The van der Waals surface area contributed by atoms with Crippen molar-refractivity contribution < 1.29 is 0 Å². The van der Waals surface area contributed by atoms with E-state index in [1.165, 1.54) is 5.56 Å². The first kappa shape index (κ1) is 9.56. The van der Waals surface area contributed by atoms with Gasteiger partial charge in [0.05, 0.1) is 10.7 Å². The summed E-state index contributed by atoms with van der Waals surface area (Å²) in [6.45, 7) is 0.827. The third-order valence-corrected chi connectivity index (χ3v) is 3.00. The molecule has 14 heavy (non-hydrogen) atoms. The van der Waals surface area contributed by atoms with Crippen molar-refractivity contribution in [2.24, 2.45) is 0 Å². The average molecular weight is 224 g/mol. The minimum Gasteiger partial charge on any atom is -0.380 e. The Labute approximate surface area is 92.3 Å². The molecule has 0 saturated heterocycles. The van der Waals surface area contributed by atoms with Crippen LogP contribution in [0.15, 0.2) is 41.1 Å². The molecule has 0 atom stereocenters.